The second-order valence-electron chi connectivity index (χ2n) is 5.25. The third-order valence-electron chi connectivity index (χ3n) is 3.61. The molecule has 0 fully saturated rings. The molecule has 0 saturated carbocycles. The van der Waals surface area contributed by atoms with Crippen molar-refractivity contribution >= 4 is 11.6 Å². The number of aryl methyl sites for hydroxylation is 1. The van der Waals surface area contributed by atoms with Gasteiger partial charge in [-0.3, -0.25) is 9.59 Å². The van der Waals surface area contributed by atoms with Crippen molar-refractivity contribution in [3.63, 3.8) is 0 Å². The van der Waals surface area contributed by atoms with Crippen molar-refractivity contribution in [3.8, 4) is 11.5 Å². The van der Waals surface area contributed by atoms with Crippen LogP contribution >= 0.6 is 0 Å². The van der Waals surface area contributed by atoms with E-state index >= 15 is 0 Å². The molecule has 0 aliphatic carbocycles. The van der Waals surface area contributed by atoms with Crippen LogP contribution in [-0.4, -0.2) is 15.7 Å². The number of hydrogen-bond donors (Lipinski definition) is 1. The van der Waals surface area contributed by atoms with Crippen molar-refractivity contribution in [2.45, 2.75) is 19.9 Å². The first-order valence-electron chi connectivity index (χ1n) is 7.67. The second kappa shape index (κ2) is 6.95. The molecule has 1 amide bonds. The highest BCUT2D eigenvalue weighted by Crippen LogP contribution is 2.16. The molecule has 0 radical (unpaired) electrons. The molecule has 1 N–H and O–H groups in total. The number of anilines is 1. The van der Waals surface area contributed by atoms with Gasteiger partial charge in [0.05, 0.1) is 6.26 Å². The monoisotopic (exact) mass is 323 g/mol. The molecule has 0 aliphatic heterocycles. The van der Waals surface area contributed by atoms with Crippen LogP contribution in [0.1, 0.15) is 12.5 Å². The summed E-state index contributed by atoms with van der Waals surface area (Å²) < 4.78 is 6.39. The summed E-state index contributed by atoms with van der Waals surface area (Å²) in [4.78, 5) is 24.2. The van der Waals surface area contributed by atoms with Crippen LogP contribution in [0.5, 0.6) is 0 Å². The van der Waals surface area contributed by atoms with Gasteiger partial charge in [0.15, 0.2) is 5.76 Å². The van der Waals surface area contributed by atoms with E-state index in [9.17, 15) is 9.59 Å². The topological polar surface area (TPSA) is 77.1 Å². The Hall–Kier alpha value is -3.15. The predicted octanol–water partition coefficient (Wildman–Crippen LogP) is 2.70. The molecule has 122 valence electrons. The summed E-state index contributed by atoms with van der Waals surface area (Å²) in [5.74, 6) is 0.239. The first kappa shape index (κ1) is 15.7. The van der Waals surface area contributed by atoms with Crippen molar-refractivity contribution in [1.82, 2.24) is 9.78 Å². The molecule has 6 nitrogen and oxygen atoms in total. The first-order chi connectivity index (χ1) is 11.7. The second-order valence-corrected chi connectivity index (χ2v) is 5.25. The lowest BCUT2D eigenvalue weighted by Gasteiger charge is -2.10. The maximum absolute atomic E-state index is 12.3. The summed E-state index contributed by atoms with van der Waals surface area (Å²) >= 11 is 0. The van der Waals surface area contributed by atoms with Gasteiger partial charge in [-0.1, -0.05) is 25.1 Å². The minimum atomic E-state index is -0.343. The minimum absolute atomic E-state index is 0.161. The van der Waals surface area contributed by atoms with E-state index in [4.69, 9.17) is 4.42 Å². The number of amides is 1. The van der Waals surface area contributed by atoms with Crippen LogP contribution in [0.4, 0.5) is 5.69 Å². The molecule has 3 rings (SSSR count). The quantitative estimate of drug-likeness (QED) is 0.783. The SMILES string of the molecule is CCc1ccccc1NC(=O)Cn1nc(-c2ccco2)ccc1=O. The largest absolute Gasteiger partial charge is 0.463 e. The molecule has 2 aromatic heterocycles. The van der Waals surface area contributed by atoms with Gasteiger partial charge in [-0.05, 0) is 36.2 Å². The van der Waals surface area contributed by atoms with Crippen LogP contribution in [0.15, 0.2) is 64.0 Å². The van der Waals surface area contributed by atoms with Gasteiger partial charge >= 0.3 is 0 Å². The molecule has 2 heterocycles. The maximum atomic E-state index is 12.3. The molecule has 24 heavy (non-hydrogen) atoms. The van der Waals surface area contributed by atoms with E-state index in [1.807, 2.05) is 31.2 Å². The fourth-order valence-electron chi connectivity index (χ4n) is 2.39. The molecule has 6 heteroatoms. The van der Waals surface area contributed by atoms with Gasteiger partial charge in [-0.15, -0.1) is 0 Å². The molecule has 0 saturated heterocycles. The van der Waals surface area contributed by atoms with E-state index in [2.05, 4.69) is 10.4 Å². The standard InChI is InChI=1S/C18H17N3O3/c1-2-13-6-3-4-7-14(13)19-17(22)12-21-18(23)10-9-15(20-21)16-8-5-11-24-16/h3-11H,2,12H2,1H3,(H,19,22). The van der Waals surface area contributed by atoms with Crippen molar-refractivity contribution < 1.29 is 9.21 Å². The number of furan rings is 1. The third-order valence-corrected chi connectivity index (χ3v) is 3.61. The number of hydrogen-bond acceptors (Lipinski definition) is 4. The van der Waals surface area contributed by atoms with Crippen LogP contribution in [0.2, 0.25) is 0 Å². The van der Waals surface area contributed by atoms with Gasteiger partial charge in [0, 0.05) is 11.8 Å². The first-order valence-corrected chi connectivity index (χ1v) is 7.67. The fourth-order valence-corrected chi connectivity index (χ4v) is 2.39. The Morgan fingerprint density at radius 1 is 1.17 bits per heavy atom. The number of nitrogens with zero attached hydrogens (tertiary/aromatic N) is 2. The zero-order valence-corrected chi connectivity index (χ0v) is 13.2. The van der Waals surface area contributed by atoms with Crippen molar-refractivity contribution in [2.24, 2.45) is 0 Å². The number of benzene rings is 1. The highest BCUT2D eigenvalue weighted by atomic mass is 16.3. The lowest BCUT2D eigenvalue weighted by molar-refractivity contribution is -0.117. The predicted molar refractivity (Wildman–Crippen MR) is 90.6 cm³/mol. The normalized spacial score (nSPS) is 10.5. The maximum Gasteiger partial charge on any atom is 0.267 e. The highest BCUT2D eigenvalue weighted by Gasteiger charge is 2.10. The average Bonchev–Trinajstić information content (AvgIpc) is 3.12. The Morgan fingerprint density at radius 2 is 2.00 bits per heavy atom. The van der Waals surface area contributed by atoms with E-state index < -0.39 is 0 Å². The zero-order valence-electron chi connectivity index (χ0n) is 13.2. The smallest absolute Gasteiger partial charge is 0.267 e. The molecule has 0 bridgehead atoms. The van der Waals surface area contributed by atoms with Gasteiger partial charge in [-0.25, -0.2) is 4.68 Å². The molecule has 0 aliphatic rings. The molecule has 3 aromatic rings. The molecule has 0 atom stereocenters. The minimum Gasteiger partial charge on any atom is -0.463 e. The van der Waals surface area contributed by atoms with Gasteiger partial charge in [0.1, 0.15) is 12.2 Å². The van der Waals surface area contributed by atoms with Gasteiger partial charge < -0.3 is 9.73 Å². The molecular formula is C18H17N3O3. The van der Waals surface area contributed by atoms with Gasteiger partial charge in [0.2, 0.25) is 5.91 Å². The van der Waals surface area contributed by atoms with E-state index in [-0.39, 0.29) is 18.0 Å². The third kappa shape index (κ3) is 3.43. The zero-order chi connectivity index (χ0) is 16.9. The Labute approximate surface area is 138 Å². The number of para-hydroxylation sites is 1. The van der Waals surface area contributed by atoms with E-state index in [0.717, 1.165) is 22.4 Å². The van der Waals surface area contributed by atoms with E-state index in [1.54, 1.807) is 18.2 Å². The van der Waals surface area contributed by atoms with Crippen molar-refractivity contribution in [1.29, 1.82) is 0 Å². The number of aromatic nitrogens is 2. The van der Waals surface area contributed by atoms with Crippen LogP contribution < -0.4 is 10.9 Å². The molecule has 0 spiro atoms. The summed E-state index contributed by atoms with van der Waals surface area (Å²) in [5.41, 5.74) is 1.95. The number of carbonyl (C=O) groups excluding carboxylic acids is 1. The van der Waals surface area contributed by atoms with Crippen molar-refractivity contribution in [2.75, 3.05) is 5.32 Å². The summed E-state index contributed by atoms with van der Waals surface area (Å²) in [6, 6.07) is 14.0. The summed E-state index contributed by atoms with van der Waals surface area (Å²) in [6.07, 6.45) is 2.34. The number of carbonyl (C=O) groups is 1. The van der Waals surface area contributed by atoms with Crippen molar-refractivity contribution in [3.05, 3.63) is 70.7 Å². The van der Waals surface area contributed by atoms with E-state index in [1.165, 1.54) is 12.3 Å². The summed E-state index contributed by atoms with van der Waals surface area (Å²) in [5, 5.41) is 7.02. The van der Waals surface area contributed by atoms with Crippen LogP contribution in [0.25, 0.3) is 11.5 Å². The lowest BCUT2D eigenvalue weighted by Crippen LogP contribution is -2.29. The average molecular weight is 323 g/mol. The Bertz CT molecular complexity index is 898. The van der Waals surface area contributed by atoms with E-state index in [0.29, 0.717) is 11.5 Å². The van der Waals surface area contributed by atoms with Crippen LogP contribution in [0, 0.1) is 0 Å². The van der Waals surface area contributed by atoms with Gasteiger partial charge in [0.25, 0.3) is 5.56 Å². The Balaban J connectivity index is 1.79. The van der Waals surface area contributed by atoms with Crippen LogP contribution in [-0.2, 0) is 17.8 Å². The summed E-state index contributed by atoms with van der Waals surface area (Å²) in [6.45, 7) is 1.86. The Morgan fingerprint density at radius 3 is 2.75 bits per heavy atom. The van der Waals surface area contributed by atoms with Gasteiger partial charge in [-0.2, -0.15) is 5.10 Å². The highest BCUT2D eigenvalue weighted by molar-refractivity contribution is 5.91. The number of rotatable bonds is 5. The molecule has 1 aromatic carbocycles. The summed E-state index contributed by atoms with van der Waals surface area (Å²) in [7, 11) is 0. The molecular weight excluding hydrogens is 306 g/mol. The fraction of sp³-hybridized carbons (Fsp3) is 0.167. The lowest BCUT2D eigenvalue weighted by atomic mass is 10.1. The molecule has 0 unspecified atom stereocenters. The number of nitrogens with one attached hydrogen (secondary N) is 1. The Kier molecular flexibility index (Phi) is 4.56. The van der Waals surface area contributed by atoms with Crippen LogP contribution in [0.3, 0.4) is 0 Å².